The second-order valence-corrected chi connectivity index (χ2v) is 6.10. The quantitative estimate of drug-likeness (QED) is 0.752. The van der Waals surface area contributed by atoms with Gasteiger partial charge in [-0.3, -0.25) is 9.69 Å². The van der Waals surface area contributed by atoms with Gasteiger partial charge in [-0.2, -0.15) is 0 Å². The minimum atomic E-state index is -0.910. The van der Waals surface area contributed by atoms with Crippen molar-refractivity contribution in [3.8, 4) is 0 Å². The summed E-state index contributed by atoms with van der Waals surface area (Å²) in [6.45, 7) is 7.98. The Bertz CT molecular complexity index is 321. The lowest BCUT2D eigenvalue weighted by atomic mass is 9.94. The molecular formula is C14H26N2O3. The molecule has 5 nitrogen and oxygen atoms in total. The van der Waals surface area contributed by atoms with Gasteiger partial charge in [0.15, 0.2) is 0 Å². The van der Waals surface area contributed by atoms with Crippen molar-refractivity contribution < 1.29 is 14.3 Å². The van der Waals surface area contributed by atoms with E-state index in [0.717, 1.165) is 25.9 Å². The second kappa shape index (κ2) is 5.77. The van der Waals surface area contributed by atoms with Crippen LogP contribution in [0.3, 0.4) is 0 Å². The van der Waals surface area contributed by atoms with Gasteiger partial charge in [-0.15, -0.1) is 0 Å². The molecule has 110 valence electrons. The van der Waals surface area contributed by atoms with Crippen molar-refractivity contribution >= 4 is 5.97 Å². The molecule has 2 bridgehead atoms. The van der Waals surface area contributed by atoms with Gasteiger partial charge in [0.1, 0.15) is 5.54 Å². The molecule has 0 radical (unpaired) electrons. The molecule has 0 saturated carbocycles. The smallest absolute Gasteiger partial charge is 0.325 e. The number of hydrogen-bond donors (Lipinski definition) is 1. The molecule has 2 fully saturated rings. The normalized spacial score (nSPS) is 31.8. The number of rotatable bonds is 5. The lowest BCUT2D eigenvalue weighted by Gasteiger charge is -2.38. The Labute approximate surface area is 115 Å². The lowest BCUT2D eigenvalue weighted by molar-refractivity contribution is -0.150. The van der Waals surface area contributed by atoms with E-state index in [4.69, 9.17) is 15.2 Å². The summed E-state index contributed by atoms with van der Waals surface area (Å²) in [6.07, 6.45) is 3.67. The van der Waals surface area contributed by atoms with Crippen molar-refractivity contribution in [1.29, 1.82) is 0 Å². The van der Waals surface area contributed by atoms with E-state index in [1.165, 1.54) is 0 Å². The zero-order valence-electron chi connectivity index (χ0n) is 12.2. The molecule has 0 aromatic rings. The van der Waals surface area contributed by atoms with Crippen molar-refractivity contribution in [3.05, 3.63) is 0 Å². The van der Waals surface area contributed by atoms with E-state index in [0.29, 0.717) is 25.2 Å². The number of hydrogen-bond acceptors (Lipinski definition) is 5. The fourth-order valence-corrected chi connectivity index (χ4v) is 3.13. The highest BCUT2D eigenvalue weighted by atomic mass is 16.5. The third-order valence-electron chi connectivity index (χ3n) is 4.16. The number of carbonyl (C=O) groups excluding carboxylic acids is 1. The first kappa shape index (κ1) is 14.8. The summed E-state index contributed by atoms with van der Waals surface area (Å²) >= 11 is 0. The predicted octanol–water partition coefficient (Wildman–Crippen LogP) is 0.909. The van der Waals surface area contributed by atoms with Gasteiger partial charge in [0.2, 0.25) is 0 Å². The van der Waals surface area contributed by atoms with Crippen LogP contribution in [0.15, 0.2) is 0 Å². The van der Waals surface area contributed by atoms with E-state index in [-0.39, 0.29) is 12.0 Å². The zero-order valence-corrected chi connectivity index (χ0v) is 12.2. The van der Waals surface area contributed by atoms with E-state index in [2.05, 4.69) is 11.8 Å². The Morgan fingerprint density at radius 2 is 2.05 bits per heavy atom. The van der Waals surface area contributed by atoms with Crippen LogP contribution in [-0.2, 0) is 14.3 Å². The third kappa shape index (κ3) is 3.46. The predicted molar refractivity (Wildman–Crippen MR) is 72.8 cm³/mol. The summed E-state index contributed by atoms with van der Waals surface area (Å²) < 4.78 is 10.9. The molecule has 0 aromatic carbocycles. The van der Waals surface area contributed by atoms with Gasteiger partial charge in [0.25, 0.3) is 0 Å². The summed E-state index contributed by atoms with van der Waals surface area (Å²) in [5.74, 6) is -0.307. The van der Waals surface area contributed by atoms with Gasteiger partial charge >= 0.3 is 5.97 Å². The van der Waals surface area contributed by atoms with Crippen LogP contribution in [0.5, 0.6) is 0 Å². The van der Waals surface area contributed by atoms with Gasteiger partial charge in [0, 0.05) is 19.1 Å². The van der Waals surface area contributed by atoms with Crippen molar-refractivity contribution in [2.75, 3.05) is 19.7 Å². The maximum Gasteiger partial charge on any atom is 0.325 e. The van der Waals surface area contributed by atoms with E-state index in [1.807, 2.05) is 0 Å². The zero-order chi connectivity index (χ0) is 14.0. The second-order valence-electron chi connectivity index (χ2n) is 6.10. The van der Waals surface area contributed by atoms with Gasteiger partial charge in [-0.1, -0.05) is 0 Å². The molecular weight excluding hydrogens is 244 g/mol. The largest absolute Gasteiger partial charge is 0.465 e. The highest BCUT2D eigenvalue weighted by molar-refractivity contribution is 5.80. The number of fused-ring (bicyclic) bond motifs is 2. The average Bonchev–Trinajstić information content (AvgIpc) is 2.68. The van der Waals surface area contributed by atoms with Crippen LogP contribution in [-0.4, -0.2) is 54.4 Å². The summed E-state index contributed by atoms with van der Waals surface area (Å²) in [5, 5.41) is 0. The van der Waals surface area contributed by atoms with Crippen molar-refractivity contribution in [3.63, 3.8) is 0 Å². The van der Waals surface area contributed by atoms with E-state index in [1.54, 1.807) is 13.8 Å². The molecule has 2 heterocycles. The molecule has 2 N–H and O–H groups in total. The number of nitrogens with two attached hydrogens (primary N) is 1. The Morgan fingerprint density at radius 3 is 2.58 bits per heavy atom. The number of nitrogens with zero attached hydrogens (tertiary/aromatic N) is 1. The van der Waals surface area contributed by atoms with Gasteiger partial charge < -0.3 is 15.2 Å². The van der Waals surface area contributed by atoms with Crippen LogP contribution in [0.1, 0.15) is 40.0 Å². The standard InChI is InChI=1S/C14H26N2O3/c1-4-18-13(17)14(3,15)7-10(2)16-8-11-5-6-12(9-16)19-11/h10-12H,4-9,15H2,1-3H3. The van der Waals surface area contributed by atoms with E-state index >= 15 is 0 Å². The fraction of sp³-hybridized carbons (Fsp3) is 0.929. The van der Waals surface area contributed by atoms with Crippen molar-refractivity contribution in [2.24, 2.45) is 5.73 Å². The van der Waals surface area contributed by atoms with Gasteiger partial charge in [-0.25, -0.2) is 0 Å². The first-order valence-corrected chi connectivity index (χ1v) is 7.28. The Kier molecular flexibility index (Phi) is 4.48. The van der Waals surface area contributed by atoms with Gasteiger partial charge in [0.05, 0.1) is 18.8 Å². The molecule has 2 aliphatic heterocycles. The van der Waals surface area contributed by atoms with E-state index < -0.39 is 5.54 Å². The lowest BCUT2D eigenvalue weighted by Crippen LogP contribution is -2.54. The molecule has 0 spiro atoms. The summed E-state index contributed by atoms with van der Waals surface area (Å²) in [6, 6.07) is 0.270. The molecule has 2 rings (SSSR count). The Morgan fingerprint density at radius 1 is 1.47 bits per heavy atom. The summed E-state index contributed by atoms with van der Waals surface area (Å²) in [7, 11) is 0. The van der Waals surface area contributed by atoms with Crippen LogP contribution in [0, 0.1) is 0 Å². The molecule has 2 aliphatic rings. The van der Waals surface area contributed by atoms with Crippen LogP contribution in [0.25, 0.3) is 0 Å². The Balaban J connectivity index is 1.89. The maximum absolute atomic E-state index is 11.8. The number of carbonyl (C=O) groups is 1. The highest BCUT2D eigenvalue weighted by Gasteiger charge is 2.39. The van der Waals surface area contributed by atoms with Crippen LogP contribution in [0.4, 0.5) is 0 Å². The first-order chi connectivity index (χ1) is 8.92. The summed E-state index contributed by atoms with van der Waals surface area (Å²) in [5.41, 5.74) is 5.20. The van der Waals surface area contributed by atoms with Crippen LogP contribution < -0.4 is 5.73 Å². The molecule has 0 aliphatic carbocycles. The number of esters is 1. The fourth-order valence-electron chi connectivity index (χ4n) is 3.13. The Hall–Kier alpha value is -0.650. The minimum Gasteiger partial charge on any atom is -0.465 e. The molecule has 19 heavy (non-hydrogen) atoms. The molecule has 2 saturated heterocycles. The van der Waals surface area contributed by atoms with Crippen LogP contribution >= 0.6 is 0 Å². The van der Waals surface area contributed by atoms with Crippen LogP contribution in [0.2, 0.25) is 0 Å². The number of morpholine rings is 1. The van der Waals surface area contributed by atoms with Gasteiger partial charge in [-0.05, 0) is 40.0 Å². The topological polar surface area (TPSA) is 64.8 Å². The monoisotopic (exact) mass is 270 g/mol. The van der Waals surface area contributed by atoms with Crippen molar-refractivity contribution in [1.82, 2.24) is 4.90 Å². The SMILES string of the molecule is CCOC(=O)C(C)(N)CC(C)N1CC2CCC(C1)O2. The van der Waals surface area contributed by atoms with E-state index in [9.17, 15) is 4.79 Å². The number of ether oxygens (including phenoxy) is 2. The minimum absolute atomic E-state index is 0.270. The molecule has 0 aromatic heterocycles. The number of likely N-dealkylation sites (tertiary alicyclic amines) is 1. The maximum atomic E-state index is 11.8. The molecule has 4 unspecified atom stereocenters. The first-order valence-electron chi connectivity index (χ1n) is 7.28. The highest BCUT2D eigenvalue weighted by Crippen LogP contribution is 2.28. The molecule has 4 atom stereocenters. The average molecular weight is 270 g/mol. The van der Waals surface area contributed by atoms with Crippen molar-refractivity contribution in [2.45, 2.75) is 63.8 Å². The molecule has 0 amide bonds. The third-order valence-corrected chi connectivity index (χ3v) is 4.16. The summed E-state index contributed by atoms with van der Waals surface area (Å²) in [4.78, 5) is 14.2. The molecule has 5 heteroatoms.